The van der Waals surface area contributed by atoms with Crippen LogP contribution < -0.4 is 10.1 Å². The van der Waals surface area contributed by atoms with Gasteiger partial charge in [0.1, 0.15) is 11.8 Å². The predicted octanol–water partition coefficient (Wildman–Crippen LogP) is 5.57. The zero-order chi connectivity index (χ0) is 23.9. The molecule has 2 aromatic carbocycles. The molecule has 8 heteroatoms. The number of halogens is 2. The molecule has 1 atom stereocenters. The van der Waals surface area contributed by atoms with Gasteiger partial charge in [0.05, 0.1) is 22.9 Å². The second-order valence-electron chi connectivity index (χ2n) is 8.53. The Morgan fingerprint density at radius 2 is 1.81 bits per heavy atom. The van der Waals surface area contributed by atoms with Crippen molar-refractivity contribution < 1.29 is 14.3 Å². The van der Waals surface area contributed by atoms with Gasteiger partial charge in [0.15, 0.2) is 0 Å². The largest absolute Gasteiger partial charge is 0.497 e. The third-order valence-corrected chi connectivity index (χ3v) is 6.36. The minimum Gasteiger partial charge on any atom is -0.497 e. The van der Waals surface area contributed by atoms with Gasteiger partial charge in [0, 0.05) is 17.8 Å². The third kappa shape index (κ3) is 8.23. The topological polar surface area (TPSA) is 58.6 Å². The molecule has 0 bridgehead atoms. The molecular formula is C24H30Cl2N2O3S. The first-order valence-corrected chi connectivity index (χ1v) is 12.2. The van der Waals surface area contributed by atoms with Crippen molar-refractivity contribution in [1.82, 2.24) is 10.2 Å². The number of nitrogens with zero attached hydrogens (tertiary/aromatic N) is 1. The standard InChI is InChI=1S/C24H30Cl2N2O3S/c1-16(23(30)27-24(2,3)4)28(13-17-7-6-8-19(11-17)31-5)22(29)15-32-14-18-9-10-20(25)21(26)12-18/h6-12,16H,13-15H2,1-5H3,(H,27,30). The summed E-state index contributed by atoms with van der Waals surface area (Å²) in [4.78, 5) is 27.6. The molecular weight excluding hydrogens is 467 g/mol. The van der Waals surface area contributed by atoms with Crippen molar-refractivity contribution in [1.29, 1.82) is 0 Å². The molecule has 174 valence electrons. The Balaban J connectivity index is 2.13. The van der Waals surface area contributed by atoms with Gasteiger partial charge in [-0.05, 0) is 63.1 Å². The molecule has 0 spiro atoms. The number of rotatable bonds is 9. The number of thioether (sulfide) groups is 1. The predicted molar refractivity (Wildman–Crippen MR) is 134 cm³/mol. The molecule has 0 aliphatic rings. The Bertz CT molecular complexity index is 947. The van der Waals surface area contributed by atoms with Crippen molar-refractivity contribution in [3.05, 3.63) is 63.6 Å². The van der Waals surface area contributed by atoms with Gasteiger partial charge in [0.2, 0.25) is 11.8 Å². The van der Waals surface area contributed by atoms with E-state index in [1.807, 2.05) is 51.1 Å². The number of methoxy groups -OCH3 is 1. The Morgan fingerprint density at radius 3 is 2.44 bits per heavy atom. The first-order valence-electron chi connectivity index (χ1n) is 10.3. The first kappa shape index (κ1) is 26.4. The molecule has 0 saturated carbocycles. The van der Waals surface area contributed by atoms with Crippen LogP contribution in [0.2, 0.25) is 10.0 Å². The second kappa shape index (κ2) is 11.8. The Kier molecular flexibility index (Phi) is 9.74. The number of hydrogen-bond acceptors (Lipinski definition) is 4. The third-order valence-electron chi connectivity index (χ3n) is 4.63. The molecule has 0 saturated heterocycles. The molecule has 32 heavy (non-hydrogen) atoms. The van der Waals surface area contributed by atoms with Crippen LogP contribution in [0.5, 0.6) is 5.75 Å². The van der Waals surface area contributed by atoms with E-state index < -0.39 is 11.6 Å². The number of hydrogen-bond donors (Lipinski definition) is 1. The summed E-state index contributed by atoms with van der Waals surface area (Å²) >= 11 is 13.5. The van der Waals surface area contributed by atoms with Gasteiger partial charge in [-0.3, -0.25) is 9.59 Å². The lowest BCUT2D eigenvalue weighted by atomic mass is 10.1. The van der Waals surface area contributed by atoms with Crippen LogP contribution in [0.1, 0.15) is 38.8 Å². The number of ether oxygens (including phenoxy) is 1. The summed E-state index contributed by atoms with van der Waals surface area (Å²) in [6, 6.07) is 12.3. The van der Waals surface area contributed by atoms with Crippen LogP contribution in [-0.2, 0) is 21.9 Å². The van der Waals surface area contributed by atoms with Crippen molar-refractivity contribution in [2.45, 2.75) is 51.6 Å². The Labute approximate surface area is 204 Å². The number of carbonyl (C=O) groups excluding carboxylic acids is 2. The van der Waals surface area contributed by atoms with E-state index in [1.165, 1.54) is 11.8 Å². The van der Waals surface area contributed by atoms with E-state index >= 15 is 0 Å². The number of nitrogens with one attached hydrogen (secondary N) is 1. The number of carbonyl (C=O) groups is 2. The Morgan fingerprint density at radius 1 is 1.09 bits per heavy atom. The van der Waals surface area contributed by atoms with Gasteiger partial charge in [-0.2, -0.15) is 0 Å². The molecule has 0 heterocycles. The minimum atomic E-state index is -0.626. The van der Waals surface area contributed by atoms with Crippen LogP contribution in [0.25, 0.3) is 0 Å². The summed E-state index contributed by atoms with van der Waals surface area (Å²) in [5.74, 6) is 1.24. The summed E-state index contributed by atoms with van der Waals surface area (Å²) in [5, 5.41) is 3.95. The van der Waals surface area contributed by atoms with E-state index in [2.05, 4.69) is 5.32 Å². The SMILES string of the molecule is COc1cccc(CN(C(=O)CSCc2ccc(Cl)c(Cl)c2)C(C)C(=O)NC(C)(C)C)c1. The van der Waals surface area contributed by atoms with Crippen LogP contribution in [0.15, 0.2) is 42.5 Å². The van der Waals surface area contributed by atoms with Gasteiger partial charge < -0.3 is 15.0 Å². The summed E-state index contributed by atoms with van der Waals surface area (Å²) in [6.07, 6.45) is 0. The quantitative estimate of drug-likeness (QED) is 0.492. The highest BCUT2D eigenvalue weighted by molar-refractivity contribution is 7.99. The van der Waals surface area contributed by atoms with Crippen LogP contribution in [-0.4, -0.2) is 41.2 Å². The van der Waals surface area contributed by atoms with Crippen molar-refractivity contribution in [2.24, 2.45) is 0 Å². The van der Waals surface area contributed by atoms with Crippen LogP contribution in [0.3, 0.4) is 0 Å². The van der Waals surface area contributed by atoms with Crippen molar-refractivity contribution >= 4 is 46.8 Å². The molecule has 1 unspecified atom stereocenters. The van der Waals surface area contributed by atoms with Gasteiger partial charge in [0.25, 0.3) is 0 Å². The molecule has 2 amide bonds. The van der Waals surface area contributed by atoms with Crippen molar-refractivity contribution in [2.75, 3.05) is 12.9 Å². The molecule has 1 N–H and O–H groups in total. The van der Waals surface area contributed by atoms with E-state index in [0.29, 0.717) is 28.1 Å². The molecule has 2 aromatic rings. The monoisotopic (exact) mass is 496 g/mol. The van der Waals surface area contributed by atoms with E-state index in [1.54, 1.807) is 31.1 Å². The maximum atomic E-state index is 13.2. The zero-order valence-electron chi connectivity index (χ0n) is 19.1. The van der Waals surface area contributed by atoms with E-state index in [4.69, 9.17) is 27.9 Å². The highest BCUT2D eigenvalue weighted by Gasteiger charge is 2.28. The minimum absolute atomic E-state index is 0.116. The van der Waals surface area contributed by atoms with E-state index in [0.717, 1.165) is 11.1 Å². The molecule has 2 rings (SSSR count). The second-order valence-corrected chi connectivity index (χ2v) is 10.3. The molecule has 0 aliphatic heterocycles. The molecule has 5 nitrogen and oxygen atoms in total. The van der Waals surface area contributed by atoms with Crippen LogP contribution in [0, 0.1) is 0 Å². The van der Waals surface area contributed by atoms with Gasteiger partial charge in [-0.25, -0.2) is 0 Å². The van der Waals surface area contributed by atoms with E-state index in [-0.39, 0.29) is 17.6 Å². The fourth-order valence-corrected chi connectivity index (χ4v) is 4.17. The molecule has 0 radical (unpaired) electrons. The highest BCUT2D eigenvalue weighted by atomic mass is 35.5. The summed E-state index contributed by atoms with van der Waals surface area (Å²) in [6.45, 7) is 7.81. The first-order chi connectivity index (χ1) is 15.0. The lowest BCUT2D eigenvalue weighted by Crippen LogP contribution is -2.52. The van der Waals surface area contributed by atoms with Crippen molar-refractivity contribution in [3.63, 3.8) is 0 Å². The van der Waals surface area contributed by atoms with Crippen LogP contribution >= 0.6 is 35.0 Å². The van der Waals surface area contributed by atoms with Crippen molar-refractivity contribution in [3.8, 4) is 5.75 Å². The van der Waals surface area contributed by atoms with E-state index in [9.17, 15) is 9.59 Å². The molecule has 0 aromatic heterocycles. The number of benzene rings is 2. The summed E-state index contributed by atoms with van der Waals surface area (Å²) in [7, 11) is 1.60. The van der Waals surface area contributed by atoms with Crippen LogP contribution in [0.4, 0.5) is 0 Å². The zero-order valence-corrected chi connectivity index (χ0v) is 21.4. The fourth-order valence-electron chi connectivity index (χ4n) is 2.99. The lowest BCUT2D eigenvalue weighted by Gasteiger charge is -2.31. The smallest absolute Gasteiger partial charge is 0.242 e. The normalized spacial score (nSPS) is 12.2. The molecule has 0 aliphatic carbocycles. The fraction of sp³-hybridized carbons (Fsp3) is 0.417. The lowest BCUT2D eigenvalue weighted by molar-refractivity contribution is -0.139. The highest BCUT2D eigenvalue weighted by Crippen LogP contribution is 2.25. The Hall–Kier alpha value is -1.89. The maximum Gasteiger partial charge on any atom is 0.242 e. The van der Waals surface area contributed by atoms with Gasteiger partial charge in [-0.15, -0.1) is 11.8 Å². The van der Waals surface area contributed by atoms with Gasteiger partial charge in [-0.1, -0.05) is 41.4 Å². The van der Waals surface area contributed by atoms with Gasteiger partial charge >= 0.3 is 0 Å². The average Bonchev–Trinajstić information content (AvgIpc) is 2.73. The summed E-state index contributed by atoms with van der Waals surface area (Å²) < 4.78 is 5.30. The average molecular weight is 497 g/mol. The maximum absolute atomic E-state index is 13.2. The molecule has 0 fully saturated rings. The number of amides is 2. The summed E-state index contributed by atoms with van der Waals surface area (Å²) in [5.41, 5.74) is 1.48.